The number of thioether (sulfide) groups is 1. The Bertz CT molecular complexity index is 1080. The molecule has 152 valence electrons. The van der Waals surface area contributed by atoms with Crippen molar-refractivity contribution in [1.29, 1.82) is 0 Å². The smallest absolute Gasteiger partial charge is 0.228 e. The summed E-state index contributed by atoms with van der Waals surface area (Å²) in [4.78, 5) is 27.3. The van der Waals surface area contributed by atoms with Gasteiger partial charge in [-0.25, -0.2) is 8.42 Å². The van der Waals surface area contributed by atoms with Crippen molar-refractivity contribution in [2.45, 2.75) is 41.2 Å². The summed E-state index contributed by atoms with van der Waals surface area (Å²) in [5.74, 6) is 0.346. The normalized spacial score (nSPS) is 17.1. The van der Waals surface area contributed by atoms with E-state index in [4.69, 9.17) is 0 Å². The Balaban J connectivity index is 1.53. The average Bonchev–Trinajstić information content (AvgIpc) is 3.03. The summed E-state index contributed by atoms with van der Waals surface area (Å²) >= 11 is 1.52. The quantitative estimate of drug-likeness (QED) is 0.805. The minimum absolute atomic E-state index is 0.0884. The minimum atomic E-state index is -3.71. The van der Waals surface area contributed by atoms with Crippen molar-refractivity contribution >= 4 is 44.8 Å². The summed E-state index contributed by atoms with van der Waals surface area (Å²) in [6.07, 6.45) is 1.09. The molecule has 0 aliphatic carbocycles. The Labute approximate surface area is 174 Å². The zero-order valence-electron chi connectivity index (χ0n) is 16.1. The zero-order chi connectivity index (χ0) is 20.6. The van der Waals surface area contributed by atoms with Crippen molar-refractivity contribution < 1.29 is 18.0 Å². The molecule has 2 aromatic rings. The zero-order valence-corrected chi connectivity index (χ0v) is 17.7. The number of amides is 2. The Morgan fingerprint density at radius 2 is 2.00 bits per heavy atom. The maximum absolute atomic E-state index is 13.1. The molecule has 2 amide bonds. The number of carbonyl (C=O) groups is 2. The number of fused-ring (bicyclic) bond motifs is 2. The van der Waals surface area contributed by atoms with Crippen molar-refractivity contribution in [3.05, 3.63) is 48.0 Å². The lowest BCUT2D eigenvalue weighted by Crippen LogP contribution is -2.33. The number of nitrogens with one attached hydrogen (secondary N) is 1. The number of anilines is 2. The van der Waals surface area contributed by atoms with Gasteiger partial charge in [0.25, 0.3) is 0 Å². The molecule has 0 fully saturated rings. The lowest BCUT2D eigenvalue weighted by atomic mass is 10.2. The minimum Gasteiger partial charge on any atom is -0.325 e. The molecule has 0 bridgehead atoms. The predicted octanol–water partition coefficient (Wildman–Crippen LogP) is 3.26. The second-order valence-corrected chi connectivity index (χ2v) is 10.8. The van der Waals surface area contributed by atoms with E-state index in [1.54, 1.807) is 24.0 Å². The number of carbonyl (C=O) groups excluding carboxylic acids is 2. The van der Waals surface area contributed by atoms with Crippen LogP contribution in [-0.4, -0.2) is 37.8 Å². The van der Waals surface area contributed by atoms with E-state index in [9.17, 15) is 18.0 Å². The van der Waals surface area contributed by atoms with Crippen LogP contribution in [0.5, 0.6) is 0 Å². The molecule has 0 saturated carbocycles. The summed E-state index contributed by atoms with van der Waals surface area (Å²) in [5, 5.41) is 1.91. The molecule has 0 unspecified atom stereocenters. The van der Waals surface area contributed by atoms with E-state index in [0.717, 1.165) is 22.6 Å². The van der Waals surface area contributed by atoms with Gasteiger partial charge in [-0.05, 0) is 43.2 Å². The van der Waals surface area contributed by atoms with Gasteiger partial charge in [-0.1, -0.05) is 18.2 Å². The van der Waals surface area contributed by atoms with Crippen LogP contribution in [0.1, 0.15) is 25.3 Å². The third-order valence-electron chi connectivity index (χ3n) is 5.32. The third-order valence-corrected chi connectivity index (χ3v) is 8.53. The monoisotopic (exact) mass is 430 g/mol. The molecule has 8 heteroatoms. The van der Waals surface area contributed by atoms with Crippen molar-refractivity contribution in [2.75, 3.05) is 22.5 Å². The van der Waals surface area contributed by atoms with Crippen molar-refractivity contribution in [1.82, 2.24) is 0 Å². The fourth-order valence-electron chi connectivity index (χ4n) is 3.67. The average molecular weight is 431 g/mol. The van der Waals surface area contributed by atoms with E-state index in [1.165, 1.54) is 17.8 Å². The number of para-hydroxylation sites is 1. The molecule has 2 aliphatic heterocycles. The van der Waals surface area contributed by atoms with Gasteiger partial charge in [0.1, 0.15) is 0 Å². The summed E-state index contributed by atoms with van der Waals surface area (Å²) in [6.45, 7) is 2.14. The predicted molar refractivity (Wildman–Crippen MR) is 114 cm³/mol. The van der Waals surface area contributed by atoms with E-state index in [0.29, 0.717) is 24.4 Å². The highest BCUT2D eigenvalue weighted by Crippen LogP contribution is 2.34. The first-order valence-electron chi connectivity index (χ1n) is 9.55. The number of hydrogen-bond acceptors (Lipinski definition) is 5. The van der Waals surface area contributed by atoms with E-state index in [-0.39, 0.29) is 23.1 Å². The van der Waals surface area contributed by atoms with E-state index in [2.05, 4.69) is 5.32 Å². The first-order chi connectivity index (χ1) is 13.9. The summed E-state index contributed by atoms with van der Waals surface area (Å²) in [7, 11) is -3.71. The molecule has 1 atom stereocenters. The van der Waals surface area contributed by atoms with Gasteiger partial charge >= 0.3 is 0 Å². The van der Waals surface area contributed by atoms with Crippen LogP contribution in [0.15, 0.2) is 52.3 Å². The van der Waals surface area contributed by atoms with Crippen LogP contribution >= 0.6 is 11.8 Å². The molecule has 29 heavy (non-hydrogen) atoms. The Kier molecular flexibility index (Phi) is 5.40. The van der Waals surface area contributed by atoms with Gasteiger partial charge < -0.3 is 10.2 Å². The number of hydrogen-bond donors (Lipinski definition) is 1. The van der Waals surface area contributed by atoms with Crippen LogP contribution in [0.25, 0.3) is 0 Å². The number of rotatable bonds is 4. The molecule has 2 aromatic carbocycles. The van der Waals surface area contributed by atoms with Crippen molar-refractivity contribution in [3.8, 4) is 0 Å². The molecular formula is C21H22N2O4S2. The second-order valence-electron chi connectivity index (χ2n) is 7.29. The fourth-order valence-corrected chi connectivity index (χ4v) is 5.97. The van der Waals surface area contributed by atoms with Gasteiger partial charge in [-0.2, -0.15) is 0 Å². The van der Waals surface area contributed by atoms with Gasteiger partial charge in [-0.3, -0.25) is 9.59 Å². The van der Waals surface area contributed by atoms with Gasteiger partial charge in [0.2, 0.25) is 11.8 Å². The molecule has 0 spiro atoms. The van der Waals surface area contributed by atoms with Crippen LogP contribution in [0, 0.1) is 0 Å². The highest BCUT2D eigenvalue weighted by Gasteiger charge is 2.31. The largest absolute Gasteiger partial charge is 0.325 e. The molecule has 1 N–H and O–H groups in total. The molecule has 2 heterocycles. The second kappa shape index (κ2) is 7.84. The number of sulfone groups is 1. The summed E-state index contributed by atoms with van der Waals surface area (Å²) < 4.78 is 26.2. The van der Waals surface area contributed by atoms with E-state index >= 15 is 0 Å². The molecule has 0 saturated heterocycles. The third kappa shape index (κ3) is 3.91. The molecular weight excluding hydrogens is 408 g/mol. The number of nitrogens with zero attached hydrogens (tertiary/aromatic N) is 1. The molecule has 6 nitrogen and oxygen atoms in total. The van der Waals surface area contributed by atoms with Gasteiger partial charge in [0, 0.05) is 35.7 Å². The molecule has 2 aliphatic rings. The first kappa shape index (κ1) is 20.0. The highest BCUT2D eigenvalue weighted by atomic mass is 32.2. The first-order valence-corrected chi connectivity index (χ1v) is 12.1. The lowest BCUT2D eigenvalue weighted by molar-refractivity contribution is -0.118. The van der Waals surface area contributed by atoms with Crippen LogP contribution in [0.4, 0.5) is 11.4 Å². The Morgan fingerprint density at radius 3 is 2.83 bits per heavy atom. The molecule has 0 radical (unpaired) electrons. The Hall–Kier alpha value is -2.32. The van der Waals surface area contributed by atoms with Gasteiger partial charge in [-0.15, -0.1) is 11.8 Å². The lowest BCUT2D eigenvalue weighted by Gasteiger charge is -2.20. The van der Waals surface area contributed by atoms with Crippen LogP contribution in [-0.2, 0) is 25.8 Å². The standard InChI is InChI=1S/C21H22N2O4S2/c1-14(12-21(25)23-10-8-15-4-2-3-5-18(15)23)29(26,27)16-6-7-19-17(13-16)22-20(24)9-11-28-19/h2-7,13-14H,8-12H2,1H3,(H,22,24)/t14-/m1/s1. The maximum Gasteiger partial charge on any atom is 0.228 e. The topological polar surface area (TPSA) is 83.6 Å². The molecule has 4 rings (SSSR count). The highest BCUT2D eigenvalue weighted by molar-refractivity contribution is 7.99. The molecule has 0 aromatic heterocycles. The van der Waals surface area contributed by atoms with Crippen molar-refractivity contribution in [3.63, 3.8) is 0 Å². The van der Waals surface area contributed by atoms with Crippen molar-refractivity contribution in [2.24, 2.45) is 0 Å². The summed E-state index contributed by atoms with van der Waals surface area (Å²) in [6, 6.07) is 12.5. The fraction of sp³-hybridized carbons (Fsp3) is 0.333. The van der Waals surface area contributed by atoms with Crippen LogP contribution in [0.3, 0.4) is 0 Å². The van der Waals surface area contributed by atoms with Gasteiger partial charge in [0.15, 0.2) is 9.84 Å². The SMILES string of the molecule is C[C@H](CC(=O)N1CCc2ccccc21)S(=O)(=O)c1ccc2c(c1)NC(=O)CCS2. The van der Waals surface area contributed by atoms with E-state index in [1.807, 2.05) is 24.3 Å². The van der Waals surface area contributed by atoms with Crippen LogP contribution in [0.2, 0.25) is 0 Å². The number of benzene rings is 2. The van der Waals surface area contributed by atoms with Crippen LogP contribution < -0.4 is 10.2 Å². The van der Waals surface area contributed by atoms with E-state index < -0.39 is 15.1 Å². The Morgan fingerprint density at radius 1 is 1.21 bits per heavy atom. The summed E-state index contributed by atoms with van der Waals surface area (Å²) in [5.41, 5.74) is 2.49. The van der Waals surface area contributed by atoms with Gasteiger partial charge in [0.05, 0.1) is 15.8 Å². The maximum atomic E-state index is 13.1.